The lowest BCUT2D eigenvalue weighted by Gasteiger charge is -2.16. The maximum absolute atomic E-state index is 11.0. The Morgan fingerprint density at radius 3 is 1.85 bits per heavy atom. The van der Waals surface area contributed by atoms with Crippen LogP contribution in [0.1, 0.15) is 60.8 Å². The zero-order valence-corrected chi connectivity index (χ0v) is 25.6. The molecule has 1 atom stereocenters. The summed E-state index contributed by atoms with van der Waals surface area (Å²) in [5, 5.41) is 27.2. The first kappa shape index (κ1) is 43.7. The molecular weight excluding hydrogens is 508 g/mol. The van der Waals surface area contributed by atoms with Crippen LogP contribution in [0.3, 0.4) is 0 Å². The van der Waals surface area contributed by atoms with Crippen LogP contribution in [0.5, 0.6) is 0 Å². The summed E-state index contributed by atoms with van der Waals surface area (Å²) < 4.78 is 4.59. The quantitative estimate of drug-likeness (QED) is 0.0889. The summed E-state index contributed by atoms with van der Waals surface area (Å²) in [6.45, 7) is 17.1. The van der Waals surface area contributed by atoms with Gasteiger partial charge in [-0.2, -0.15) is 0 Å². The monoisotopic (exact) mass is 566 g/mol. The summed E-state index contributed by atoms with van der Waals surface area (Å²) in [6.07, 6.45) is 3.63. The molecule has 0 saturated carbocycles. The van der Waals surface area contributed by atoms with Crippen molar-refractivity contribution in [2.45, 2.75) is 66.8 Å². The average Bonchev–Trinajstić information content (AvgIpc) is 2.89. The van der Waals surface area contributed by atoms with E-state index in [1.807, 2.05) is 25.8 Å². The maximum Gasteiger partial charge on any atom is 0.319 e. The van der Waals surface area contributed by atoms with E-state index in [0.29, 0.717) is 32.2 Å². The Kier molecular flexibility index (Phi) is 37.8. The fourth-order valence-electron chi connectivity index (χ4n) is 2.37. The van der Waals surface area contributed by atoms with E-state index in [2.05, 4.69) is 59.4 Å². The van der Waals surface area contributed by atoms with Crippen molar-refractivity contribution < 1.29 is 34.1 Å². The van der Waals surface area contributed by atoms with Crippen molar-refractivity contribution >= 4 is 23.8 Å². The summed E-state index contributed by atoms with van der Waals surface area (Å²) in [6, 6.07) is 0.477. The predicted molar refractivity (Wildman–Crippen MR) is 156 cm³/mol. The van der Waals surface area contributed by atoms with Crippen LogP contribution in [-0.2, 0) is 23.9 Å². The number of carbonyl (C=O) groups excluding carboxylic acids is 2. The molecule has 0 bridgehead atoms. The molecule has 0 aromatic rings. The minimum Gasteiger partial charge on any atom is -0.480 e. The molecule has 0 aromatic heterocycles. The van der Waals surface area contributed by atoms with Gasteiger partial charge in [-0.3, -0.25) is 24.1 Å². The van der Waals surface area contributed by atoms with Crippen LogP contribution in [-0.4, -0.2) is 118 Å². The smallest absolute Gasteiger partial charge is 0.319 e. The van der Waals surface area contributed by atoms with E-state index < -0.39 is 11.9 Å². The summed E-state index contributed by atoms with van der Waals surface area (Å²) in [4.78, 5) is 42.9. The minimum atomic E-state index is -0.968. The molecular formula is C26H58N6O7. The highest BCUT2D eigenvalue weighted by Crippen LogP contribution is 2.09. The molecule has 0 unspecified atom stereocenters. The van der Waals surface area contributed by atoms with E-state index in [4.69, 9.17) is 10.2 Å². The number of hydrogen-bond donors (Lipinski definition) is 7. The number of methoxy groups -OCH3 is 1. The number of amides is 1. The first-order valence-electron chi connectivity index (χ1n) is 13.6. The number of aliphatic carboxylic acids is 2. The number of likely N-dealkylation sites (N-methyl/N-ethyl adjacent to an activating group) is 3. The van der Waals surface area contributed by atoms with Gasteiger partial charge in [0.1, 0.15) is 0 Å². The van der Waals surface area contributed by atoms with Crippen LogP contribution in [0, 0.1) is 5.92 Å². The normalized spacial score (nSPS) is 10.6. The molecule has 0 aliphatic heterocycles. The molecule has 1 amide bonds. The number of rotatable bonds is 18. The Morgan fingerprint density at radius 1 is 0.923 bits per heavy atom. The summed E-state index contributed by atoms with van der Waals surface area (Å²) >= 11 is 0. The van der Waals surface area contributed by atoms with E-state index >= 15 is 0 Å². The number of nitrogens with one attached hydrogen (secondary N) is 4. The largest absolute Gasteiger partial charge is 0.480 e. The lowest BCUT2D eigenvalue weighted by Crippen LogP contribution is -2.38. The molecule has 0 saturated heterocycles. The fourth-order valence-corrected chi connectivity index (χ4v) is 2.37. The van der Waals surface area contributed by atoms with E-state index in [-0.39, 0.29) is 25.0 Å². The second-order valence-corrected chi connectivity index (χ2v) is 8.98. The molecule has 0 aliphatic carbocycles. The Balaban J connectivity index is -0.000000225. The Bertz CT molecular complexity index is 595. The van der Waals surface area contributed by atoms with Crippen molar-refractivity contribution in [1.29, 1.82) is 0 Å². The number of nitrogens with zero attached hydrogens (tertiary/aromatic N) is 1. The number of carboxylic acid groups (broad SMARTS) is 2. The lowest BCUT2D eigenvalue weighted by molar-refractivity contribution is -0.141. The van der Waals surface area contributed by atoms with E-state index in [9.17, 15) is 19.2 Å². The van der Waals surface area contributed by atoms with Crippen LogP contribution in [0.4, 0.5) is 0 Å². The number of nitrogens with two attached hydrogens (primary N) is 1. The molecule has 13 nitrogen and oxygen atoms in total. The zero-order valence-electron chi connectivity index (χ0n) is 25.6. The summed E-state index contributed by atoms with van der Waals surface area (Å²) in [5.41, 5.74) is 4.57. The third-order valence-corrected chi connectivity index (χ3v) is 4.80. The van der Waals surface area contributed by atoms with Crippen molar-refractivity contribution in [3.05, 3.63) is 0 Å². The van der Waals surface area contributed by atoms with Crippen LogP contribution < -0.4 is 27.0 Å². The van der Waals surface area contributed by atoms with Crippen molar-refractivity contribution in [1.82, 2.24) is 26.2 Å². The maximum atomic E-state index is 11.0. The molecule has 0 aromatic carbocycles. The number of hydrogen-bond acceptors (Lipinski definition) is 10. The highest BCUT2D eigenvalue weighted by Gasteiger charge is 2.06. The van der Waals surface area contributed by atoms with Crippen molar-refractivity contribution in [2.75, 3.05) is 73.1 Å². The first-order chi connectivity index (χ1) is 18.3. The molecule has 0 fully saturated rings. The van der Waals surface area contributed by atoms with Crippen LogP contribution in [0.25, 0.3) is 0 Å². The molecule has 0 rings (SSSR count). The molecule has 234 valence electrons. The van der Waals surface area contributed by atoms with E-state index in [1.165, 1.54) is 20.0 Å². The molecule has 13 heteroatoms. The number of carboxylic acids is 2. The van der Waals surface area contributed by atoms with E-state index in [1.54, 1.807) is 0 Å². The van der Waals surface area contributed by atoms with Gasteiger partial charge >= 0.3 is 17.9 Å². The first-order valence-corrected chi connectivity index (χ1v) is 13.6. The van der Waals surface area contributed by atoms with Crippen molar-refractivity contribution in [2.24, 2.45) is 11.7 Å². The molecule has 0 spiro atoms. The van der Waals surface area contributed by atoms with Gasteiger partial charge in [0.05, 0.1) is 33.3 Å². The van der Waals surface area contributed by atoms with Crippen molar-refractivity contribution in [3.8, 4) is 0 Å². The number of esters is 1. The topological polar surface area (TPSA) is 195 Å². The SMILES string of the molecule is CCNCC(=O)NCCNC(C)C.CCNCC(=O)O.CC[C@@H](C)CCCN(C)CC(=O)OC.NCC(=O)O. The van der Waals surface area contributed by atoms with Gasteiger partial charge in [-0.25, -0.2) is 0 Å². The Hall–Kier alpha value is -2.32. The van der Waals surface area contributed by atoms with E-state index in [0.717, 1.165) is 32.0 Å². The van der Waals surface area contributed by atoms with Crippen LogP contribution in [0.2, 0.25) is 0 Å². The molecule has 8 N–H and O–H groups in total. The lowest BCUT2D eigenvalue weighted by atomic mass is 10.0. The van der Waals surface area contributed by atoms with Gasteiger partial charge in [0.25, 0.3) is 0 Å². The van der Waals surface area contributed by atoms with Gasteiger partial charge in [0, 0.05) is 19.1 Å². The molecule has 0 radical (unpaired) electrons. The third kappa shape index (κ3) is 49.2. The summed E-state index contributed by atoms with van der Waals surface area (Å²) in [5.74, 6) is -1.07. The van der Waals surface area contributed by atoms with Crippen molar-refractivity contribution in [3.63, 3.8) is 0 Å². The van der Waals surface area contributed by atoms with Gasteiger partial charge in [-0.15, -0.1) is 0 Å². The van der Waals surface area contributed by atoms with Crippen LogP contribution >= 0.6 is 0 Å². The standard InChI is InChI=1S/C11H23NO2.C9H21N3O.C4H9NO2.C2H5NO2/c1-5-10(2)7-6-8-12(3)9-11(13)14-4;1-4-10-7-9(13)12-6-5-11-8(2)3;1-2-5-3-4(6)7;3-1-2(4)5/h10H,5-9H2,1-4H3;8,10-11H,4-7H2,1-3H3,(H,12,13);5H,2-3H2,1H3,(H,6,7);1,3H2,(H,4,5)/t10-;;;/m1.../s1. The highest BCUT2D eigenvalue weighted by atomic mass is 16.5. The Morgan fingerprint density at radius 2 is 1.46 bits per heavy atom. The zero-order chi connectivity index (χ0) is 31.1. The Labute approximate surface area is 236 Å². The number of ether oxygens (including phenoxy) is 1. The second kappa shape index (κ2) is 33.7. The van der Waals surface area contributed by atoms with Gasteiger partial charge in [-0.05, 0) is 45.4 Å². The van der Waals surface area contributed by atoms with Crippen LogP contribution in [0.15, 0.2) is 0 Å². The molecule has 0 heterocycles. The van der Waals surface area contributed by atoms with Gasteiger partial charge < -0.3 is 42.0 Å². The molecule has 0 aliphatic rings. The molecule has 39 heavy (non-hydrogen) atoms. The third-order valence-electron chi connectivity index (χ3n) is 4.80. The number of carbonyl (C=O) groups is 4. The average molecular weight is 567 g/mol. The highest BCUT2D eigenvalue weighted by molar-refractivity contribution is 5.77. The van der Waals surface area contributed by atoms with Gasteiger partial charge in [0.2, 0.25) is 5.91 Å². The fraction of sp³-hybridized carbons (Fsp3) is 0.846. The van der Waals surface area contributed by atoms with Gasteiger partial charge in [-0.1, -0.05) is 48.0 Å². The minimum absolute atomic E-state index is 0.0624. The summed E-state index contributed by atoms with van der Waals surface area (Å²) in [7, 11) is 3.38. The van der Waals surface area contributed by atoms with Gasteiger partial charge in [0.15, 0.2) is 0 Å². The predicted octanol–water partition coefficient (Wildman–Crippen LogP) is 0.338. The second-order valence-electron chi connectivity index (χ2n) is 8.98.